The third-order valence-corrected chi connectivity index (χ3v) is 2.92. The van der Waals surface area contributed by atoms with Crippen molar-refractivity contribution >= 4 is 23.3 Å². The number of fused-ring (bicyclic) bond motifs is 1. The Morgan fingerprint density at radius 2 is 2.20 bits per heavy atom. The molecule has 1 heterocycles. The minimum absolute atomic E-state index is 0.137. The lowest BCUT2D eigenvalue weighted by molar-refractivity contribution is -0.155. The Kier molecular flexibility index (Phi) is 4.09. The molecule has 2 atom stereocenters. The molecular formula is C13H16N2O5. The number of rotatable bonds is 4. The number of esters is 1. The number of hydrogen-bond donors (Lipinski definition) is 3. The molecule has 0 aliphatic carbocycles. The quantitative estimate of drug-likeness (QED) is 0.689. The van der Waals surface area contributed by atoms with Crippen LogP contribution in [-0.2, 0) is 14.3 Å². The van der Waals surface area contributed by atoms with Gasteiger partial charge in [-0.2, -0.15) is 0 Å². The highest BCUT2D eigenvalue weighted by Gasteiger charge is 2.36. The van der Waals surface area contributed by atoms with Gasteiger partial charge >= 0.3 is 5.97 Å². The van der Waals surface area contributed by atoms with Gasteiger partial charge in [0.2, 0.25) is 5.91 Å². The summed E-state index contributed by atoms with van der Waals surface area (Å²) in [4.78, 5) is 23.4. The first-order valence-corrected chi connectivity index (χ1v) is 6.17. The Morgan fingerprint density at radius 1 is 1.45 bits per heavy atom. The molecule has 0 aromatic heterocycles. The van der Waals surface area contributed by atoms with Crippen LogP contribution in [0.2, 0.25) is 0 Å². The molecule has 1 amide bonds. The number of ether oxygens (including phenoxy) is 2. The molecule has 20 heavy (non-hydrogen) atoms. The zero-order valence-electron chi connectivity index (χ0n) is 11.2. The molecule has 108 valence electrons. The first-order valence-electron chi connectivity index (χ1n) is 6.17. The Labute approximate surface area is 115 Å². The maximum absolute atomic E-state index is 11.9. The van der Waals surface area contributed by atoms with Crippen molar-refractivity contribution in [2.45, 2.75) is 19.1 Å². The standard InChI is InChI=1S/C13H16N2O5/c1-3-20-13(18)11(16)10-12(17)15-9-6-7(19-2)4-5-8(9)14-10/h4-6,10-11,14,16H,3H2,1-2H3,(H,15,17)/t10-,11+/m0/s1. The molecule has 7 nitrogen and oxygen atoms in total. The number of aliphatic hydroxyl groups is 1. The van der Waals surface area contributed by atoms with E-state index in [1.807, 2.05) is 0 Å². The molecule has 0 saturated carbocycles. The Bertz CT molecular complexity index is 531. The number of amides is 1. The summed E-state index contributed by atoms with van der Waals surface area (Å²) in [5.74, 6) is -0.751. The second kappa shape index (κ2) is 5.79. The van der Waals surface area contributed by atoms with E-state index in [4.69, 9.17) is 9.47 Å². The second-order valence-electron chi connectivity index (χ2n) is 4.22. The topological polar surface area (TPSA) is 96.9 Å². The molecule has 0 fully saturated rings. The maximum atomic E-state index is 11.9. The monoisotopic (exact) mass is 280 g/mol. The maximum Gasteiger partial charge on any atom is 0.337 e. The Hall–Kier alpha value is -2.28. The number of hydrogen-bond acceptors (Lipinski definition) is 6. The number of carbonyl (C=O) groups excluding carboxylic acids is 2. The molecule has 1 aromatic carbocycles. The van der Waals surface area contributed by atoms with Crippen molar-refractivity contribution in [1.29, 1.82) is 0 Å². The fourth-order valence-electron chi connectivity index (χ4n) is 1.91. The third-order valence-electron chi connectivity index (χ3n) is 2.92. The highest BCUT2D eigenvalue weighted by atomic mass is 16.5. The van der Waals surface area contributed by atoms with Gasteiger partial charge in [-0.1, -0.05) is 0 Å². The zero-order valence-corrected chi connectivity index (χ0v) is 11.2. The summed E-state index contributed by atoms with van der Waals surface area (Å²) in [5, 5.41) is 15.3. The summed E-state index contributed by atoms with van der Waals surface area (Å²) in [7, 11) is 1.52. The molecule has 3 N–H and O–H groups in total. The van der Waals surface area contributed by atoms with Crippen LogP contribution in [0.25, 0.3) is 0 Å². The molecule has 1 aliphatic heterocycles. The van der Waals surface area contributed by atoms with Gasteiger partial charge in [-0.25, -0.2) is 4.79 Å². The van der Waals surface area contributed by atoms with Crippen molar-refractivity contribution in [2.24, 2.45) is 0 Å². The predicted molar refractivity (Wildman–Crippen MR) is 71.7 cm³/mol. The summed E-state index contributed by atoms with van der Waals surface area (Å²) >= 11 is 0. The van der Waals surface area contributed by atoms with E-state index in [1.165, 1.54) is 7.11 Å². The number of nitrogens with one attached hydrogen (secondary N) is 2. The number of anilines is 2. The fourth-order valence-corrected chi connectivity index (χ4v) is 1.91. The summed E-state index contributed by atoms with van der Waals surface area (Å²) in [5.41, 5.74) is 1.13. The van der Waals surface area contributed by atoms with E-state index in [2.05, 4.69) is 10.6 Å². The van der Waals surface area contributed by atoms with Crippen molar-refractivity contribution in [3.8, 4) is 5.75 Å². The summed E-state index contributed by atoms with van der Waals surface area (Å²) in [6, 6.07) is 3.96. The van der Waals surface area contributed by atoms with Crippen LogP contribution >= 0.6 is 0 Å². The van der Waals surface area contributed by atoms with Gasteiger partial charge in [-0.3, -0.25) is 4.79 Å². The van der Waals surface area contributed by atoms with E-state index in [1.54, 1.807) is 25.1 Å². The van der Waals surface area contributed by atoms with Crippen molar-refractivity contribution in [2.75, 3.05) is 24.4 Å². The van der Waals surface area contributed by atoms with Gasteiger partial charge in [0.25, 0.3) is 0 Å². The second-order valence-corrected chi connectivity index (χ2v) is 4.22. The molecule has 0 bridgehead atoms. The number of carbonyl (C=O) groups is 2. The van der Waals surface area contributed by atoms with E-state index in [9.17, 15) is 14.7 Å². The van der Waals surface area contributed by atoms with Crippen LogP contribution in [0, 0.1) is 0 Å². The Morgan fingerprint density at radius 3 is 2.85 bits per heavy atom. The van der Waals surface area contributed by atoms with Crippen molar-refractivity contribution < 1.29 is 24.2 Å². The molecule has 1 aromatic rings. The average molecular weight is 280 g/mol. The van der Waals surface area contributed by atoms with E-state index >= 15 is 0 Å². The third kappa shape index (κ3) is 2.67. The molecule has 0 spiro atoms. The van der Waals surface area contributed by atoms with Gasteiger partial charge in [0.15, 0.2) is 6.10 Å². The lowest BCUT2D eigenvalue weighted by Gasteiger charge is -2.29. The normalized spacial score (nSPS) is 18.4. The molecular weight excluding hydrogens is 264 g/mol. The first kappa shape index (κ1) is 14.1. The lowest BCUT2D eigenvalue weighted by Crippen LogP contribution is -2.50. The van der Waals surface area contributed by atoms with Crippen LogP contribution in [0.3, 0.4) is 0 Å². The largest absolute Gasteiger partial charge is 0.497 e. The molecule has 1 aliphatic rings. The highest BCUT2D eigenvalue weighted by Crippen LogP contribution is 2.31. The van der Waals surface area contributed by atoms with Crippen molar-refractivity contribution in [1.82, 2.24) is 0 Å². The molecule has 2 rings (SSSR count). The van der Waals surface area contributed by atoms with Gasteiger partial charge < -0.3 is 25.2 Å². The van der Waals surface area contributed by atoms with E-state index in [0.29, 0.717) is 17.1 Å². The zero-order chi connectivity index (χ0) is 14.7. The van der Waals surface area contributed by atoms with Gasteiger partial charge in [0, 0.05) is 6.07 Å². The molecule has 0 radical (unpaired) electrons. The number of methoxy groups -OCH3 is 1. The molecule has 7 heteroatoms. The highest BCUT2D eigenvalue weighted by molar-refractivity contribution is 6.05. The summed E-state index contributed by atoms with van der Waals surface area (Å²) < 4.78 is 9.76. The number of benzene rings is 1. The van der Waals surface area contributed by atoms with Crippen LogP contribution in [0.15, 0.2) is 18.2 Å². The van der Waals surface area contributed by atoms with Crippen molar-refractivity contribution in [3.05, 3.63) is 18.2 Å². The van der Waals surface area contributed by atoms with Crippen LogP contribution in [0.5, 0.6) is 5.75 Å². The van der Waals surface area contributed by atoms with Crippen molar-refractivity contribution in [3.63, 3.8) is 0 Å². The molecule has 0 unspecified atom stereocenters. The van der Waals surface area contributed by atoms with E-state index < -0.39 is 24.0 Å². The smallest absolute Gasteiger partial charge is 0.337 e. The fraction of sp³-hybridized carbons (Fsp3) is 0.385. The van der Waals surface area contributed by atoms with Crippen LogP contribution in [0.1, 0.15) is 6.92 Å². The first-order chi connectivity index (χ1) is 9.56. The molecule has 0 saturated heterocycles. The van der Waals surface area contributed by atoms with Gasteiger partial charge in [-0.15, -0.1) is 0 Å². The summed E-state index contributed by atoms with van der Waals surface area (Å²) in [6.45, 7) is 1.76. The minimum Gasteiger partial charge on any atom is -0.497 e. The lowest BCUT2D eigenvalue weighted by atomic mass is 10.1. The van der Waals surface area contributed by atoms with Crippen LogP contribution in [0.4, 0.5) is 11.4 Å². The van der Waals surface area contributed by atoms with E-state index in [-0.39, 0.29) is 6.61 Å². The van der Waals surface area contributed by atoms with Gasteiger partial charge in [0.05, 0.1) is 25.1 Å². The minimum atomic E-state index is -1.56. The SMILES string of the molecule is CCOC(=O)[C@H](O)[C@@H]1Nc2ccc(OC)cc2NC1=O. The van der Waals surface area contributed by atoms with Crippen LogP contribution in [-0.4, -0.2) is 42.8 Å². The summed E-state index contributed by atoms with van der Waals surface area (Å²) in [6.07, 6.45) is -1.56. The van der Waals surface area contributed by atoms with Gasteiger partial charge in [-0.05, 0) is 19.1 Å². The van der Waals surface area contributed by atoms with Gasteiger partial charge in [0.1, 0.15) is 11.8 Å². The predicted octanol–water partition coefficient (Wildman–Crippen LogP) is 0.352. The van der Waals surface area contributed by atoms with E-state index in [0.717, 1.165) is 0 Å². The average Bonchev–Trinajstić information content (AvgIpc) is 2.45. The number of aliphatic hydroxyl groups excluding tert-OH is 1. The van der Waals surface area contributed by atoms with Crippen LogP contribution < -0.4 is 15.4 Å². The Balaban J connectivity index is 2.19.